The van der Waals surface area contributed by atoms with E-state index in [4.69, 9.17) is 9.57 Å². The first kappa shape index (κ1) is 17.2. The summed E-state index contributed by atoms with van der Waals surface area (Å²) < 4.78 is 6.81. The van der Waals surface area contributed by atoms with Crippen LogP contribution < -0.4 is 4.74 Å². The van der Waals surface area contributed by atoms with Crippen molar-refractivity contribution in [3.63, 3.8) is 0 Å². The van der Waals surface area contributed by atoms with Gasteiger partial charge in [0, 0.05) is 4.47 Å². The summed E-state index contributed by atoms with van der Waals surface area (Å²) in [5, 5.41) is 4.01. The Morgan fingerprint density at radius 3 is 2.16 bits per heavy atom. The van der Waals surface area contributed by atoms with Crippen LogP contribution in [-0.4, -0.2) is 6.21 Å². The highest BCUT2D eigenvalue weighted by atomic mass is 79.9. The lowest BCUT2D eigenvalue weighted by Crippen LogP contribution is -1.95. The van der Waals surface area contributed by atoms with Gasteiger partial charge in [-0.1, -0.05) is 63.6 Å². The van der Waals surface area contributed by atoms with E-state index >= 15 is 0 Å². The van der Waals surface area contributed by atoms with E-state index in [0.29, 0.717) is 13.2 Å². The molecule has 0 unspecified atom stereocenters. The Morgan fingerprint density at radius 2 is 1.44 bits per heavy atom. The molecule has 4 heteroatoms. The zero-order valence-corrected chi connectivity index (χ0v) is 15.2. The molecule has 0 saturated carbocycles. The number of halogens is 1. The first-order valence-electron chi connectivity index (χ1n) is 7.96. The lowest BCUT2D eigenvalue weighted by atomic mass is 10.2. The third-order valence-corrected chi connectivity index (χ3v) is 4.08. The monoisotopic (exact) mass is 395 g/mol. The number of ether oxygens (including phenoxy) is 1. The van der Waals surface area contributed by atoms with Crippen molar-refractivity contribution in [3.8, 4) is 5.75 Å². The van der Waals surface area contributed by atoms with E-state index in [1.54, 1.807) is 6.21 Å². The van der Waals surface area contributed by atoms with Gasteiger partial charge in [0.25, 0.3) is 0 Å². The number of oxime groups is 1. The maximum atomic E-state index is 5.76. The zero-order valence-electron chi connectivity index (χ0n) is 13.6. The van der Waals surface area contributed by atoms with Crippen molar-refractivity contribution in [3.05, 3.63) is 100 Å². The van der Waals surface area contributed by atoms with Crippen LogP contribution in [-0.2, 0) is 18.1 Å². The molecule has 0 N–H and O–H groups in total. The fraction of sp³-hybridized carbons (Fsp3) is 0.0952. The minimum atomic E-state index is 0.446. The summed E-state index contributed by atoms with van der Waals surface area (Å²) in [6.07, 6.45) is 1.69. The third-order valence-electron chi connectivity index (χ3n) is 3.55. The van der Waals surface area contributed by atoms with E-state index in [9.17, 15) is 0 Å². The van der Waals surface area contributed by atoms with Gasteiger partial charge in [-0.25, -0.2) is 0 Å². The molecule has 25 heavy (non-hydrogen) atoms. The summed E-state index contributed by atoms with van der Waals surface area (Å²) in [7, 11) is 0. The zero-order chi connectivity index (χ0) is 17.3. The third kappa shape index (κ3) is 5.76. The smallest absolute Gasteiger partial charge is 0.142 e. The van der Waals surface area contributed by atoms with E-state index in [0.717, 1.165) is 26.9 Å². The molecule has 0 amide bonds. The number of hydrogen-bond acceptors (Lipinski definition) is 3. The van der Waals surface area contributed by atoms with Crippen LogP contribution in [0.4, 0.5) is 0 Å². The highest BCUT2D eigenvalue weighted by molar-refractivity contribution is 9.10. The van der Waals surface area contributed by atoms with Crippen LogP contribution in [0.1, 0.15) is 16.7 Å². The van der Waals surface area contributed by atoms with E-state index in [1.807, 2.05) is 78.9 Å². The molecule has 3 nitrogen and oxygen atoms in total. The number of benzene rings is 3. The molecule has 126 valence electrons. The summed E-state index contributed by atoms with van der Waals surface area (Å²) in [4.78, 5) is 5.32. The summed E-state index contributed by atoms with van der Waals surface area (Å²) in [6, 6.07) is 25.8. The van der Waals surface area contributed by atoms with Crippen molar-refractivity contribution in [2.75, 3.05) is 0 Å². The molecule has 0 saturated heterocycles. The van der Waals surface area contributed by atoms with Gasteiger partial charge < -0.3 is 9.57 Å². The molecule has 0 spiro atoms. The first-order valence-corrected chi connectivity index (χ1v) is 8.75. The van der Waals surface area contributed by atoms with E-state index in [-0.39, 0.29) is 0 Å². The van der Waals surface area contributed by atoms with Gasteiger partial charge in [0.2, 0.25) is 0 Å². The molecule has 0 aliphatic rings. The van der Waals surface area contributed by atoms with Crippen molar-refractivity contribution in [2.24, 2.45) is 5.16 Å². The standard InChI is InChI=1S/C21H18BrNO2/c22-20-10-6-19(7-11-20)16-25-23-14-17-8-12-21(13-9-17)24-15-18-4-2-1-3-5-18/h1-14H,15-16H2. The first-order chi connectivity index (χ1) is 12.3. The Hall–Kier alpha value is -2.59. The molecule has 3 aromatic carbocycles. The van der Waals surface area contributed by atoms with Gasteiger partial charge >= 0.3 is 0 Å². The van der Waals surface area contributed by atoms with Crippen LogP contribution in [0.25, 0.3) is 0 Å². The van der Waals surface area contributed by atoms with Gasteiger partial charge in [0.15, 0.2) is 0 Å². The lowest BCUT2D eigenvalue weighted by Gasteiger charge is -2.06. The highest BCUT2D eigenvalue weighted by Gasteiger charge is 1.96. The molecule has 3 rings (SSSR count). The van der Waals surface area contributed by atoms with Crippen LogP contribution >= 0.6 is 15.9 Å². The van der Waals surface area contributed by atoms with Gasteiger partial charge in [-0.2, -0.15) is 0 Å². The SMILES string of the molecule is Brc1ccc(CON=Cc2ccc(OCc3ccccc3)cc2)cc1. The normalized spacial score (nSPS) is 10.8. The Bertz CT molecular complexity index is 800. The van der Waals surface area contributed by atoms with Gasteiger partial charge in [0.1, 0.15) is 19.0 Å². The molecule has 0 bridgehead atoms. The molecule has 0 aliphatic carbocycles. The molecular formula is C21H18BrNO2. The minimum Gasteiger partial charge on any atom is -0.489 e. The van der Waals surface area contributed by atoms with E-state index in [2.05, 4.69) is 21.1 Å². The second-order valence-corrected chi connectivity index (χ2v) is 6.39. The van der Waals surface area contributed by atoms with Crippen LogP contribution in [0.15, 0.2) is 88.5 Å². The van der Waals surface area contributed by atoms with Gasteiger partial charge in [-0.15, -0.1) is 0 Å². The van der Waals surface area contributed by atoms with Gasteiger partial charge in [-0.3, -0.25) is 0 Å². The van der Waals surface area contributed by atoms with Crippen molar-refractivity contribution >= 4 is 22.1 Å². The number of nitrogens with zero attached hydrogens (tertiary/aromatic N) is 1. The Morgan fingerprint density at radius 1 is 0.760 bits per heavy atom. The van der Waals surface area contributed by atoms with E-state index < -0.39 is 0 Å². The summed E-state index contributed by atoms with van der Waals surface area (Å²) in [6.45, 7) is 1.01. The van der Waals surface area contributed by atoms with E-state index in [1.165, 1.54) is 0 Å². The molecular weight excluding hydrogens is 378 g/mol. The summed E-state index contributed by atoms with van der Waals surface area (Å²) in [5.41, 5.74) is 3.18. The Balaban J connectivity index is 1.46. The average molecular weight is 396 g/mol. The van der Waals surface area contributed by atoms with Crippen LogP contribution in [0.5, 0.6) is 5.75 Å². The topological polar surface area (TPSA) is 30.8 Å². The number of rotatable bonds is 7. The average Bonchev–Trinajstić information content (AvgIpc) is 2.67. The maximum absolute atomic E-state index is 5.76. The molecule has 0 fully saturated rings. The van der Waals surface area contributed by atoms with Crippen molar-refractivity contribution in [1.82, 2.24) is 0 Å². The fourth-order valence-electron chi connectivity index (χ4n) is 2.18. The lowest BCUT2D eigenvalue weighted by molar-refractivity contribution is 0.132. The maximum Gasteiger partial charge on any atom is 0.142 e. The van der Waals surface area contributed by atoms with Crippen molar-refractivity contribution in [2.45, 2.75) is 13.2 Å². The quantitative estimate of drug-likeness (QED) is 0.386. The van der Waals surface area contributed by atoms with Crippen molar-refractivity contribution < 1.29 is 9.57 Å². The summed E-state index contributed by atoms with van der Waals surface area (Å²) in [5.74, 6) is 0.830. The molecule has 3 aromatic rings. The molecule has 0 radical (unpaired) electrons. The predicted molar refractivity (Wildman–Crippen MR) is 104 cm³/mol. The van der Waals surface area contributed by atoms with Gasteiger partial charge in [0.05, 0.1) is 6.21 Å². The summed E-state index contributed by atoms with van der Waals surface area (Å²) >= 11 is 3.41. The van der Waals surface area contributed by atoms with Crippen LogP contribution in [0.3, 0.4) is 0 Å². The fourth-order valence-corrected chi connectivity index (χ4v) is 2.45. The second-order valence-electron chi connectivity index (χ2n) is 5.48. The Labute approximate surface area is 156 Å². The minimum absolute atomic E-state index is 0.446. The largest absolute Gasteiger partial charge is 0.489 e. The predicted octanol–water partition coefficient (Wildman–Crippen LogP) is 5.58. The highest BCUT2D eigenvalue weighted by Crippen LogP contribution is 2.14. The number of hydrogen-bond donors (Lipinski definition) is 0. The van der Waals surface area contributed by atoms with Crippen LogP contribution in [0.2, 0.25) is 0 Å². The molecule has 0 aliphatic heterocycles. The molecule has 0 heterocycles. The molecule has 0 aromatic heterocycles. The van der Waals surface area contributed by atoms with Crippen LogP contribution in [0, 0.1) is 0 Å². The van der Waals surface area contributed by atoms with Crippen molar-refractivity contribution in [1.29, 1.82) is 0 Å². The van der Waals surface area contributed by atoms with Gasteiger partial charge in [-0.05, 0) is 53.1 Å². The second kappa shape index (κ2) is 9.04. The Kier molecular flexibility index (Phi) is 6.23. The molecule has 0 atom stereocenters.